The van der Waals surface area contributed by atoms with Crippen molar-refractivity contribution in [3.05, 3.63) is 35.4 Å². The Kier molecular flexibility index (Phi) is 5.79. The highest BCUT2D eigenvalue weighted by atomic mass is 16.5. The SMILES string of the molecule is Cc1cccc(C(O)COCCN2CCOCC2)c1. The van der Waals surface area contributed by atoms with Gasteiger partial charge in [0.15, 0.2) is 0 Å². The molecule has 1 aromatic rings. The fourth-order valence-corrected chi connectivity index (χ4v) is 2.19. The molecule has 0 saturated carbocycles. The van der Waals surface area contributed by atoms with E-state index in [4.69, 9.17) is 9.47 Å². The Bertz CT molecular complexity index is 377. The molecule has 0 spiro atoms. The maximum absolute atomic E-state index is 10.0. The van der Waals surface area contributed by atoms with Gasteiger partial charge in [-0.1, -0.05) is 29.8 Å². The second-order valence-corrected chi connectivity index (χ2v) is 4.96. The minimum absolute atomic E-state index is 0.355. The first-order valence-electron chi connectivity index (χ1n) is 6.88. The minimum Gasteiger partial charge on any atom is -0.386 e. The first-order chi connectivity index (χ1) is 9.25. The third-order valence-electron chi connectivity index (χ3n) is 3.36. The van der Waals surface area contributed by atoms with Gasteiger partial charge in [-0.25, -0.2) is 0 Å². The van der Waals surface area contributed by atoms with Crippen molar-refractivity contribution in [1.82, 2.24) is 4.90 Å². The van der Waals surface area contributed by atoms with Crippen molar-refractivity contribution in [3.8, 4) is 0 Å². The van der Waals surface area contributed by atoms with Crippen molar-refractivity contribution in [2.45, 2.75) is 13.0 Å². The summed E-state index contributed by atoms with van der Waals surface area (Å²) in [6, 6.07) is 7.91. The van der Waals surface area contributed by atoms with Gasteiger partial charge in [-0.05, 0) is 12.5 Å². The Morgan fingerprint density at radius 1 is 1.37 bits per heavy atom. The zero-order valence-electron chi connectivity index (χ0n) is 11.5. The lowest BCUT2D eigenvalue weighted by molar-refractivity contribution is 0.000836. The zero-order chi connectivity index (χ0) is 13.5. The number of morpholine rings is 1. The summed E-state index contributed by atoms with van der Waals surface area (Å²) < 4.78 is 10.9. The topological polar surface area (TPSA) is 41.9 Å². The Hall–Kier alpha value is -0.940. The number of aryl methyl sites for hydroxylation is 1. The lowest BCUT2D eigenvalue weighted by Crippen LogP contribution is -2.38. The monoisotopic (exact) mass is 265 g/mol. The fraction of sp³-hybridized carbons (Fsp3) is 0.600. The molecular weight excluding hydrogens is 242 g/mol. The quantitative estimate of drug-likeness (QED) is 0.789. The molecule has 0 radical (unpaired) electrons. The van der Waals surface area contributed by atoms with Crippen molar-refractivity contribution in [1.29, 1.82) is 0 Å². The van der Waals surface area contributed by atoms with Crippen LogP contribution < -0.4 is 0 Å². The number of ether oxygens (including phenoxy) is 2. The summed E-state index contributed by atoms with van der Waals surface area (Å²) in [5.74, 6) is 0. The standard InChI is InChI=1S/C15H23NO3/c1-13-3-2-4-14(11-13)15(17)12-19-10-7-16-5-8-18-9-6-16/h2-4,11,15,17H,5-10,12H2,1H3. The molecule has 2 rings (SSSR count). The van der Waals surface area contributed by atoms with Crippen molar-refractivity contribution in [2.75, 3.05) is 46.1 Å². The molecule has 0 amide bonds. The number of aliphatic hydroxyl groups is 1. The van der Waals surface area contributed by atoms with Crippen LogP contribution in [0.2, 0.25) is 0 Å². The summed E-state index contributed by atoms with van der Waals surface area (Å²) in [6.07, 6.45) is -0.537. The van der Waals surface area contributed by atoms with Gasteiger partial charge in [0.05, 0.1) is 26.4 Å². The van der Waals surface area contributed by atoms with E-state index >= 15 is 0 Å². The molecule has 1 aliphatic rings. The first kappa shape index (κ1) is 14.5. The Balaban J connectivity index is 1.64. The highest BCUT2D eigenvalue weighted by Crippen LogP contribution is 2.14. The van der Waals surface area contributed by atoms with Crippen LogP contribution in [0.15, 0.2) is 24.3 Å². The van der Waals surface area contributed by atoms with Crippen LogP contribution in [0.3, 0.4) is 0 Å². The molecule has 0 aromatic heterocycles. The van der Waals surface area contributed by atoms with Gasteiger partial charge in [-0.2, -0.15) is 0 Å². The van der Waals surface area contributed by atoms with E-state index in [-0.39, 0.29) is 0 Å². The van der Waals surface area contributed by atoms with Gasteiger partial charge in [0.2, 0.25) is 0 Å². The minimum atomic E-state index is -0.537. The molecule has 1 atom stereocenters. The molecule has 4 nitrogen and oxygen atoms in total. The molecule has 1 unspecified atom stereocenters. The lowest BCUT2D eigenvalue weighted by Gasteiger charge is -2.26. The Labute approximate surface area is 114 Å². The largest absolute Gasteiger partial charge is 0.386 e. The number of aliphatic hydroxyl groups excluding tert-OH is 1. The van der Waals surface area contributed by atoms with E-state index in [1.165, 1.54) is 0 Å². The summed E-state index contributed by atoms with van der Waals surface area (Å²) >= 11 is 0. The molecule has 19 heavy (non-hydrogen) atoms. The normalized spacial score (nSPS) is 18.4. The molecule has 1 N–H and O–H groups in total. The van der Waals surface area contributed by atoms with Crippen molar-refractivity contribution >= 4 is 0 Å². The van der Waals surface area contributed by atoms with Crippen LogP contribution in [-0.4, -0.2) is 56.1 Å². The third-order valence-corrected chi connectivity index (χ3v) is 3.36. The number of rotatable bonds is 6. The molecule has 0 bridgehead atoms. The van der Waals surface area contributed by atoms with Crippen molar-refractivity contribution < 1.29 is 14.6 Å². The van der Waals surface area contributed by atoms with Gasteiger partial charge in [0.1, 0.15) is 6.10 Å². The van der Waals surface area contributed by atoms with E-state index in [1.54, 1.807) is 0 Å². The number of hydrogen-bond acceptors (Lipinski definition) is 4. The predicted octanol–water partition coefficient (Wildman–Crippen LogP) is 1.38. The summed E-state index contributed by atoms with van der Waals surface area (Å²) in [4.78, 5) is 2.32. The maximum atomic E-state index is 10.0. The Morgan fingerprint density at radius 3 is 2.89 bits per heavy atom. The van der Waals surface area contributed by atoms with Gasteiger partial charge in [-0.3, -0.25) is 4.90 Å². The number of benzene rings is 1. The van der Waals surface area contributed by atoms with E-state index in [0.29, 0.717) is 13.2 Å². The van der Waals surface area contributed by atoms with Gasteiger partial charge in [0, 0.05) is 19.6 Å². The average Bonchev–Trinajstić information content (AvgIpc) is 2.44. The smallest absolute Gasteiger partial charge is 0.102 e. The molecule has 0 aliphatic carbocycles. The summed E-state index contributed by atoms with van der Waals surface area (Å²) in [5.41, 5.74) is 2.08. The van der Waals surface area contributed by atoms with E-state index in [2.05, 4.69) is 4.90 Å². The molecule has 4 heteroatoms. The molecule has 1 aromatic carbocycles. The van der Waals surface area contributed by atoms with Gasteiger partial charge < -0.3 is 14.6 Å². The highest BCUT2D eigenvalue weighted by molar-refractivity contribution is 5.23. The summed E-state index contributed by atoms with van der Waals surface area (Å²) in [7, 11) is 0. The second kappa shape index (κ2) is 7.60. The van der Waals surface area contributed by atoms with Crippen LogP contribution in [0.5, 0.6) is 0 Å². The molecular formula is C15H23NO3. The van der Waals surface area contributed by atoms with Crippen LogP contribution >= 0.6 is 0 Å². The molecule has 1 heterocycles. The predicted molar refractivity (Wildman–Crippen MR) is 74.2 cm³/mol. The van der Waals surface area contributed by atoms with E-state index in [1.807, 2.05) is 31.2 Å². The first-order valence-corrected chi connectivity index (χ1v) is 6.88. The van der Waals surface area contributed by atoms with Crippen molar-refractivity contribution in [3.63, 3.8) is 0 Å². The van der Waals surface area contributed by atoms with Crippen LogP contribution in [0.25, 0.3) is 0 Å². The van der Waals surface area contributed by atoms with Crippen LogP contribution in [-0.2, 0) is 9.47 Å². The maximum Gasteiger partial charge on any atom is 0.102 e. The van der Waals surface area contributed by atoms with Crippen molar-refractivity contribution in [2.24, 2.45) is 0 Å². The van der Waals surface area contributed by atoms with Gasteiger partial charge >= 0.3 is 0 Å². The van der Waals surface area contributed by atoms with Gasteiger partial charge in [-0.15, -0.1) is 0 Å². The fourth-order valence-electron chi connectivity index (χ4n) is 2.19. The number of hydrogen-bond donors (Lipinski definition) is 1. The molecule has 1 fully saturated rings. The lowest BCUT2D eigenvalue weighted by atomic mass is 10.1. The van der Waals surface area contributed by atoms with E-state index in [0.717, 1.165) is 44.0 Å². The van der Waals surface area contributed by atoms with Crippen LogP contribution in [0.4, 0.5) is 0 Å². The average molecular weight is 265 g/mol. The van der Waals surface area contributed by atoms with Crippen LogP contribution in [0.1, 0.15) is 17.2 Å². The van der Waals surface area contributed by atoms with Crippen LogP contribution in [0, 0.1) is 6.92 Å². The third kappa shape index (κ3) is 4.91. The second-order valence-electron chi connectivity index (χ2n) is 4.96. The van der Waals surface area contributed by atoms with Gasteiger partial charge in [0.25, 0.3) is 0 Å². The molecule has 106 valence electrons. The highest BCUT2D eigenvalue weighted by Gasteiger charge is 2.11. The number of nitrogens with zero attached hydrogens (tertiary/aromatic N) is 1. The zero-order valence-corrected chi connectivity index (χ0v) is 11.5. The molecule has 1 aliphatic heterocycles. The summed E-state index contributed by atoms with van der Waals surface area (Å²) in [5, 5.41) is 10.0. The summed E-state index contributed by atoms with van der Waals surface area (Å²) in [6.45, 7) is 7.52. The van der Waals surface area contributed by atoms with E-state index < -0.39 is 6.10 Å². The Morgan fingerprint density at radius 2 is 2.16 bits per heavy atom. The molecule has 1 saturated heterocycles. The van der Waals surface area contributed by atoms with E-state index in [9.17, 15) is 5.11 Å².